The van der Waals surface area contributed by atoms with Crippen molar-refractivity contribution in [1.82, 2.24) is 15.5 Å². The molecule has 0 aliphatic carbocycles. The fraction of sp³-hybridized carbons (Fsp3) is 0.650. The van der Waals surface area contributed by atoms with Crippen molar-refractivity contribution >= 4 is 29.9 Å². The second kappa shape index (κ2) is 15.6. The van der Waals surface area contributed by atoms with Crippen LogP contribution in [-0.4, -0.2) is 77.1 Å². The Morgan fingerprint density at radius 3 is 2.71 bits per heavy atom. The number of hydrogen-bond acceptors (Lipinski definition) is 5. The Kier molecular flexibility index (Phi) is 13.8. The first-order valence-electron chi connectivity index (χ1n) is 9.91. The van der Waals surface area contributed by atoms with Crippen molar-refractivity contribution in [2.75, 3.05) is 66.2 Å². The third-order valence-electron chi connectivity index (χ3n) is 4.27. The molecule has 0 amide bonds. The fourth-order valence-corrected chi connectivity index (χ4v) is 2.81. The van der Waals surface area contributed by atoms with Crippen molar-refractivity contribution in [1.29, 1.82) is 0 Å². The molecule has 1 saturated heterocycles. The van der Waals surface area contributed by atoms with E-state index in [0.29, 0.717) is 6.61 Å². The summed E-state index contributed by atoms with van der Waals surface area (Å²) < 4.78 is 16.3. The molecule has 0 unspecified atom stereocenters. The van der Waals surface area contributed by atoms with Gasteiger partial charge in [-0.25, -0.2) is 0 Å². The number of rotatable bonds is 11. The molecule has 160 valence electrons. The Bertz CT molecular complexity index is 554. The molecule has 1 aliphatic heterocycles. The van der Waals surface area contributed by atoms with Gasteiger partial charge in [-0.1, -0.05) is 6.07 Å². The third-order valence-corrected chi connectivity index (χ3v) is 4.27. The highest BCUT2D eigenvalue weighted by Gasteiger charge is 2.09. The lowest BCUT2D eigenvalue weighted by Crippen LogP contribution is -2.40. The quantitative estimate of drug-likeness (QED) is 0.208. The summed E-state index contributed by atoms with van der Waals surface area (Å²) in [6.45, 7) is 10.1. The molecule has 0 bridgehead atoms. The van der Waals surface area contributed by atoms with Crippen LogP contribution in [0.2, 0.25) is 0 Å². The second-order valence-corrected chi connectivity index (χ2v) is 6.38. The molecule has 0 spiro atoms. The van der Waals surface area contributed by atoms with Crippen LogP contribution in [0.3, 0.4) is 0 Å². The third kappa shape index (κ3) is 10.3. The molecule has 0 radical (unpaired) electrons. The molecule has 28 heavy (non-hydrogen) atoms. The van der Waals surface area contributed by atoms with Gasteiger partial charge in [-0.05, 0) is 32.0 Å². The van der Waals surface area contributed by atoms with E-state index in [4.69, 9.17) is 14.2 Å². The Balaban J connectivity index is 0.00000392. The van der Waals surface area contributed by atoms with Gasteiger partial charge in [0.05, 0.1) is 26.9 Å². The van der Waals surface area contributed by atoms with Gasteiger partial charge < -0.3 is 24.8 Å². The number of hydrogen-bond donors (Lipinski definition) is 2. The van der Waals surface area contributed by atoms with Gasteiger partial charge in [0.15, 0.2) is 5.96 Å². The van der Waals surface area contributed by atoms with Crippen LogP contribution in [0.4, 0.5) is 0 Å². The maximum absolute atomic E-state index is 5.75. The van der Waals surface area contributed by atoms with E-state index in [1.165, 1.54) is 0 Å². The molecule has 2 N–H and O–H groups in total. The largest absolute Gasteiger partial charge is 0.497 e. The van der Waals surface area contributed by atoms with E-state index in [-0.39, 0.29) is 24.0 Å². The number of guanidine groups is 1. The number of benzene rings is 1. The highest BCUT2D eigenvalue weighted by atomic mass is 127. The Morgan fingerprint density at radius 1 is 1.18 bits per heavy atom. The van der Waals surface area contributed by atoms with Crippen LogP contribution < -0.4 is 20.1 Å². The van der Waals surface area contributed by atoms with E-state index in [2.05, 4.69) is 27.4 Å². The van der Waals surface area contributed by atoms with Crippen molar-refractivity contribution in [3.8, 4) is 11.5 Å². The highest BCUT2D eigenvalue weighted by Crippen LogP contribution is 2.18. The van der Waals surface area contributed by atoms with Gasteiger partial charge >= 0.3 is 0 Å². The first-order chi connectivity index (χ1) is 13.3. The molecule has 0 aromatic heterocycles. The minimum atomic E-state index is 0. The summed E-state index contributed by atoms with van der Waals surface area (Å²) in [6.07, 6.45) is 1.96. The van der Waals surface area contributed by atoms with Crippen molar-refractivity contribution < 1.29 is 14.2 Å². The number of nitrogens with zero attached hydrogens (tertiary/aromatic N) is 2. The Hall–Kier alpha value is -1.26. The van der Waals surface area contributed by atoms with Gasteiger partial charge in [0, 0.05) is 45.2 Å². The van der Waals surface area contributed by atoms with Crippen LogP contribution in [0, 0.1) is 0 Å². The normalized spacial score (nSPS) is 14.9. The van der Waals surface area contributed by atoms with Crippen LogP contribution in [0.25, 0.3) is 0 Å². The number of halogens is 1. The average Bonchev–Trinajstić information content (AvgIpc) is 2.71. The monoisotopic (exact) mass is 506 g/mol. The zero-order valence-electron chi connectivity index (χ0n) is 17.1. The first-order valence-corrected chi connectivity index (χ1v) is 9.91. The zero-order valence-corrected chi connectivity index (χ0v) is 19.4. The SMILES string of the molecule is CCNC(=NCCCOc1cccc(OC)c1)NCCCN1CCOCC1.I. The van der Waals surface area contributed by atoms with Crippen LogP contribution in [0.1, 0.15) is 19.8 Å². The minimum Gasteiger partial charge on any atom is -0.497 e. The van der Waals surface area contributed by atoms with Gasteiger partial charge in [-0.3, -0.25) is 9.89 Å². The van der Waals surface area contributed by atoms with Gasteiger partial charge in [-0.2, -0.15) is 0 Å². The zero-order chi connectivity index (χ0) is 19.2. The van der Waals surface area contributed by atoms with Gasteiger partial charge in [-0.15, -0.1) is 24.0 Å². The van der Waals surface area contributed by atoms with Crippen molar-refractivity contribution in [3.05, 3.63) is 24.3 Å². The summed E-state index contributed by atoms with van der Waals surface area (Å²) in [5, 5.41) is 6.70. The predicted molar refractivity (Wildman–Crippen MR) is 124 cm³/mol. The number of nitrogens with one attached hydrogen (secondary N) is 2. The lowest BCUT2D eigenvalue weighted by molar-refractivity contribution is 0.0376. The summed E-state index contributed by atoms with van der Waals surface area (Å²) in [5.41, 5.74) is 0. The van der Waals surface area contributed by atoms with Gasteiger partial charge in [0.2, 0.25) is 0 Å². The summed E-state index contributed by atoms with van der Waals surface area (Å²) in [4.78, 5) is 7.07. The number of methoxy groups -OCH3 is 1. The second-order valence-electron chi connectivity index (χ2n) is 6.38. The van der Waals surface area contributed by atoms with Crippen LogP contribution in [-0.2, 0) is 4.74 Å². The maximum Gasteiger partial charge on any atom is 0.191 e. The Labute approximate surface area is 186 Å². The van der Waals surface area contributed by atoms with E-state index in [1.54, 1.807) is 7.11 Å². The molecule has 8 heteroatoms. The van der Waals surface area contributed by atoms with Crippen molar-refractivity contribution in [2.45, 2.75) is 19.8 Å². The molecule has 0 saturated carbocycles. The van der Waals surface area contributed by atoms with E-state index in [0.717, 1.165) is 82.8 Å². The topological polar surface area (TPSA) is 67.4 Å². The fourth-order valence-electron chi connectivity index (χ4n) is 2.81. The van der Waals surface area contributed by atoms with Gasteiger partial charge in [0.1, 0.15) is 11.5 Å². The summed E-state index contributed by atoms with van der Waals surface area (Å²) >= 11 is 0. The lowest BCUT2D eigenvalue weighted by Gasteiger charge is -2.26. The highest BCUT2D eigenvalue weighted by molar-refractivity contribution is 14.0. The van der Waals surface area contributed by atoms with E-state index in [9.17, 15) is 0 Å². The molecular weight excluding hydrogens is 471 g/mol. The molecule has 1 aromatic carbocycles. The molecule has 7 nitrogen and oxygen atoms in total. The molecule has 0 atom stereocenters. The molecule has 1 aromatic rings. The van der Waals surface area contributed by atoms with E-state index < -0.39 is 0 Å². The van der Waals surface area contributed by atoms with E-state index >= 15 is 0 Å². The smallest absolute Gasteiger partial charge is 0.191 e. The maximum atomic E-state index is 5.75. The standard InChI is InChI=1S/C20H34N4O3.HI/c1-3-21-20(22-9-5-11-24-12-15-26-16-13-24)23-10-6-14-27-19-8-4-7-18(17-19)25-2;/h4,7-8,17H,3,5-6,9-16H2,1-2H3,(H2,21,22,23);1H. The molecular formula is C20H35IN4O3. The molecule has 1 aliphatic rings. The molecule has 1 fully saturated rings. The predicted octanol–water partition coefficient (Wildman–Crippen LogP) is 2.36. The van der Waals surface area contributed by atoms with Crippen LogP contribution >= 0.6 is 24.0 Å². The number of aliphatic imine (C=N–C) groups is 1. The van der Waals surface area contributed by atoms with Crippen LogP contribution in [0.5, 0.6) is 11.5 Å². The number of ether oxygens (including phenoxy) is 3. The Morgan fingerprint density at radius 2 is 1.96 bits per heavy atom. The van der Waals surface area contributed by atoms with Crippen molar-refractivity contribution in [3.63, 3.8) is 0 Å². The summed E-state index contributed by atoms with van der Waals surface area (Å²) in [5.74, 6) is 2.51. The molecule has 2 rings (SSSR count). The van der Waals surface area contributed by atoms with E-state index in [1.807, 2.05) is 24.3 Å². The minimum absolute atomic E-state index is 0. The summed E-state index contributed by atoms with van der Waals surface area (Å²) in [7, 11) is 1.66. The summed E-state index contributed by atoms with van der Waals surface area (Å²) in [6, 6.07) is 7.66. The van der Waals surface area contributed by atoms with Gasteiger partial charge in [0.25, 0.3) is 0 Å². The first kappa shape index (κ1) is 24.8. The van der Waals surface area contributed by atoms with Crippen LogP contribution in [0.15, 0.2) is 29.3 Å². The number of morpholine rings is 1. The molecule has 1 heterocycles. The average molecular weight is 506 g/mol. The van der Waals surface area contributed by atoms with Crippen molar-refractivity contribution in [2.24, 2.45) is 4.99 Å². The lowest BCUT2D eigenvalue weighted by atomic mass is 10.3.